The highest BCUT2D eigenvalue weighted by Gasteiger charge is 2.28. The first-order chi connectivity index (χ1) is 14.1. The van der Waals surface area contributed by atoms with Crippen LogP contribution in [0.2, 0.25) is 0 Å². The van der Waals surface area contributed by atoms with Crippen molar-refractivity contribution in [1.29, 1.82) is 0 Å². The van der Waals surface area contributed by atoms with E-state index in [0.29, 0.717) is 19.7 Å². The number of unbranched alkanes of at least 4 members (excludes halogenated alkanes) is 15. The molecular formula is C24H52NO3P. The van der Waals surface area contributed by atoms with Gasteiger partial charge in [-0.15, -0.1) is 0 Å². The van der Waals surface area contributed by atoms with Crippen LogP contribution >= 0.6 is 7.75 Å². The van der Waals surface area contributed by atoms with Crippen LogP contribution in [0.3, 0.4) is 0 Å². The Morgan fingerprint density at radius 1 is 0.586 bits per heavy atom. The summed E-state index contributed by atoms with van der Waals surface area (Å²) in [6.07, 6.45) is 21.8. The Balaban J connectivity index is 4.14. The van der Waals surface area contributed by atoms with Crippen molar-refractivity contribution in [2.24, 2.45) is 0 Å². The summed E-state index contributed by atoms with van der Waals surface area (Å²) in [6, 6.07) is 0. The molecule has 29 heavy (non-hydrogen) atoms. The maximum absolute atomic E-state index is 12.7. The van der Waals surface area contributed by atoms with Gasteiger partial charge < -0.3 is 4.89 Å². The molecule has 0 radical (unpaired) electrons. The normalized spacial score (nSPS) is 13.8. The molecule has 176 valence electrons. The molecule has 0 saturated carbocycles. The molecule has 1 atom stereocenters. The molecule has 0 fully saturated rings. The van der Waals surface area contributed by atoms with Gasteiger partial charge in [-0.2, -0.15) is 0 Å². The molecule has 0 aromatic rings. The third-order valence-corrected chi connectivity index (χ3v) is 7.29. The van der Waals surface area contributed by atoms with E-state index in [1.54, 1.807) is 4.67 Å². The summed E-state index contributed by atoms with van der Waals surface area (Å²) < 4.78 is 19.9. The van der Waals surface area contributed by atoms with E-state index in [4.69, 9.17) is 4.52 Å². The predicted octanol–water partition coefficient (Wildman–Crippen LogP) is 8.49. The van der Waals surface area contributed by atoms with Gasteiger partial charge in [0.1, 0.15) is 0 Å². The monoisotopic (exact) mass is 433 g/mol. The molecule has 0 saturated heterocycles. The molecule has 4 nitrogen and oxygen atoms in total. The minimum atomic E-state index is -3.64. The zero-order valence-electron chi connectivity index (χ0n) is 20.0. The average Bonchev–Trinajstić information content (AvgIpc) is 2.70. The summed E-state index contributed by atoms with van der Waals surface area (Å²) in [5.41, 5.74) is 0. The minimum absolute atomic E-state index is 0.385. The zero-order chi connectivity index (χ0) is 21.6. The summed E-state index contributed by atoms with van der Waals surface area (Å²) in [7, 11) is -3.64. The highest BCUT2D eigenvalue weighted by molar-refractivity contribution is 7.50. The molecule has 0 bridgehead atoms. The Hall–Kier alpha value is 0.110. The van der Waals surface area contributed by atoms with Crippen molar-refractivity contribution in [1.82, 2.24) is 4.67 Å². The van der Waals surface area contributed by atoms with Gasteiger partial charge in [0.05, 0.1) is 6.61 Å². The van der Waals surface area contributed by atoms with Gasteiger partial charge in [-0.05, 0) is 19.3 Å². The molecule has 0 spiro atoms. The van der Waals surface area contributed by atoms with Gasteiger partial charge in [-0.25, -0.2) is 9.24 Å². The van der Waals surface area contributed by atoms with Crippen molar-refractivity contribution in [3.8, 4) is 0 Å². The van der Waals surface area contributed by atoms with Gasteiger partial charge in [-0.3, -0.25) is 4.52 Å². The average molecular weight is 434 g/mol. The first-order valence-corrected chi connectivity index (χ1v) is 14.3. The first-order valence-electron chi connectivity index (χ1n) is 12.8. The lowest BCUT2D eigenvalue weighted by molar-refractivity contribution is 0.195. The van der Waals surface area contributed by atoms with Crippen molar-refractivity contribution in [3.05, 3.63) is 0 Å². The van der Waals surface area contributed by atoms with E-state index in [2.05, 4.69) is 20.8 Å². The fraction of sp³-hybridized carbons (Fsp3) is 1.00. The molecule has 0 aliphatic carbocycles. The molecular weight excluding hydrogens is 381 g/mol. The highest BCUT2D eigenvalue weighted by Crippen LogP contribution is 2.46. The summed E-state index contributed by atoms with van der Waals surface area (Å²) in [6.45, 7) is 8.32. The lowest BCUT2D eigenvalue weighted by Gasteiger charge is -2.26. The van der Waals surface area contributed by atoms with Gasteiger partial charge in [-0.1, -0.05) is 117 Å². The van der Waals surface area contributed by atoms with E-state index < -0.39 is 7.75 Å². The van der Waals surface area contributed by atoms with E-state index in [9.17, 15) is 9.46 Å². The molecule has 0 heterocycles. The van der Waals surface area contributed by atoms with Crippen LogP contribution in [0.1, 0.15) is 136 Å². The maximum Gasteiger partial charge on any atom is 0.405 e. The maximum atomic E-state index is 12.7. The van der Waals surface area contributed by atoms with Gasteiger partial charge >= 0.3 is 7.75 Å². The minimum Gasteiger partial charge on any atom is -0.312 e. The Bertz CT molecular complexity index is 359. The first kappa shape index (κ1) is 29.1. The quantitative estimate of drug-likeness (QED) is 0.130. The van der Waals surface area contributed by atoms with E-state index in [1.807, 2.05) is 0 Å². The van der Waals surface area contributed by atoms with Gasteiger partial charge in [0.15, 0.2) is 0 Å². The lowest BCUT2D eigenvalue weighted by atomic mass is 10.1. The predicted molar refractivity (Wildman–Crippen MR) is 127 cm³/mol. The molecule has 0 aliphatic rings. The van der Waals surface area contributed by atoms with E-state index in [1.165, 1.54) is 77.0 Å². The summed E-state index contributed by atoms with van der Waals surface area (Å²) in [5.74, 6) is 0. The molecule has 5 heteroatoms. The van der Waals surface area contributed by atoms with Gasteiger partial charge in [0.2, 0.25) is 0 Å². The summed E-state index contributed by atoms with van der Waals surface area (Å²) in [4.78, 5) is 10.5. The van der Waals surface area contributed by atoms with Crippen molar-refractivity contribution in [2.45, 2.75) is 136 Å². The Labute approximate surface area is 182 Å². The highest BCUT2D eigenvalue weighted by atomic mass is 31.2. The largest absolute Gasteiger partial charge is 0.405 e. The molecule has 0 rings (SSSR count). The third-order valence-electron chi connectivity index (χ3n) is 5.65. The topological polar surface area (TPSA) is 49.8 Å². The van der Waals surface area contributed by atoms with Crippen LogP contribution in [0.4, 0.5) is 0 Å². The number of hydrogen-bond acceptors (Lipinski definition) is 2. The van der Waals surface area contributed by atoms with Crippen LogP contribution in [0.25, 0.3) is 0 Å². The second-order valence-electron chi connectivity index (χ2n) is 8.58. The summed E-state index contributed by atoms with van der Waals surface area (Å²) in [5, 5.41) is 0. The molecule has 1 unspecified atom stereocenters. The third kappa shape index (κ3) is 18.6. The van der Waals surface area contributed by atoms with Crippen LogP contribution in [0.15, 0.2) is 0 Å². The number of rotatable bonds is 23. The summed E-state index contributed by atoms with van der Waals surface area (Å²) >= 11 is 0. The van der Waals surface area contributed by atoms with E-state index in [-0.39, 0.29) is 0 Å². The van der Waals surface area contributed by atoms with Crippen LogP contribution in [0, 0.1) is 0 Å². The lowest BCUT2D eigenvalue weighted by Crippen LogP contribution is -2.24. The van der Waals surface area contributed by atoms with Crippen LogP contribution in [-0.2, 0) is 9.09 Å². The fourth-order valence-corrected chi connectivity index (χ4v) is 4.95. The second kappa shape index (κ2) is 21.3. The second-order valence-corrected chi connectivity index (χ2v) is 10.4. The zero-order valence-corrected chi connectivity index (χ0v) is 20.9. The standard InChI is InChI=1S/C24H52NO3P/c1-4-7-10-12-14-16-18-20-22-25(29(26,27)28-24-9-6-3)23-21-19-17-15-13-11-8-5-2/h4-24H2,1-3H3,(H,26,27). The molecule has 0 amide bonds. The Kier molecular flexibility index (Phi) is 21.4. The van der Waals surface area contributed by atoms with E-state index in [0.717, 1.165) is 38.5 Å². The number of hydrogen-bond donors (Lipinski definition) is 1. The van der Waals surface area contributed by atoms with Gasteiger partial charge in [0, 0.05) is 13.1 Å². The van der Waals surface area contributed by atoms with Crippen LogP contribution in [0.5, 0.6) is 0 Å². The molecule has 0 aromatic heterocycles. The molecule has 0 aromatic carbocycles. The van der Waals surface area contributed by atoms with E-state index >= 15 is 0 Å². The number of nitrogens with zero attached hydrogens (tertiary/aromatic N) is 1. The fourth-order valence-electron chi connectivity index (χ4n) is 3.63. The van der Waals surface area contributed by atoms with Crippen molar-refractivity contribution in [2.75, 3.05) is 19.7 Å². The molecule has 0 aliphatic heterocycles. The van der Waals surface area contributed by atoms with Crippen molar-refractivity contribution < 1.29 is 14.0 Å². The smallest absolute Gasteiger partial charge is 0.312 e. The van der Waals surface area contributed by atoms with Crippen molar-refractivity contribution >= 4 is 7.75 Å². The van der Waals surface area contributed by atoms with Gasteiger partial charge in [0.25, 0.3) is 0 Å². The van der Waals surface area contributed by atoms with Crippen molar-refractivity contribution in [3.63, 3.8) is 0 Å². The van der Waals surface area contributed by atoms with Crippen LogP contribution < -0.4 is 0 Å². The molecule has 1 N–H and O–H groups in total. The van der Waals surface area contributed by atoms with Crippen LogP contribution in [-0.4, -0.2) is 29.3 Å². The Morgan fingerprint density at radius 2 is 0.931 bits per heavy atom. The Morgan fingerprint density at radius 3 is 1.31 bits per heavy atom. The SMILES string of the molecule is CCCCCCCCCCN(CCCCCCCCCC)P(=O)(O)OCCCC.